The van der Waals surface area contributed by atoms with E-state index in [0.717, 1.165) is 45.4 Å². The van der Waals surface area contributed by atoms with Gasteiger partial charge in [0.1, 0.15) is 5.69 Å². The fraction of sp³-hybridized carbons (Fsp3) is 0.550. The van der Waals surface area contributed by atoms with Crippen LogP contribution in [0, 0.1) is 10.1 Å². The van der Waals surface area contributed by atoms with Crippen LogP contribution < -0.4 is 10.2 Å². The number of likely N-dealkylation sites (N-methyl/N-ethyl adjacent to an activating group) is 1. The first-order valence-corrected chi connectivity index (χ1v) is 9.72. The van der Waals surface area contributed by atoms with E-state index in [4.69, 9.17) is 0 Å². The highest BCUT2D eigenvalue weighted by molar-refractivity contribution is 5.95. The van der Waals surface area contributed by atoms with Crippen LogP contribution in [-0.2, 0) is 0 Å². The first-order valence-electron chi connectivity index (χ1n) is 9.72. The first-order chi connectivity index (χ1) is 13.0. The van der Waals surface area contributed by atoms with Crippen molar-refractivity contribution in [1.29, 1.82) is 0 Å². The van der Waals surface area contributed by atoms with Gasteiger partial charge in [-0.25, -0.2) is 0 Å². The van der Waals surface area contributed by atoms with Gasteiger partial charge in [-0.3, -0.25) is 14.9 Å². The second kappa shape index (κ2) is 8.99. The Balaban J connectivity index is 1.65. The minimum absolute atomic E-state index is 0.00203. The largest absolute Gasteiger partial charge is 0.363 e. The van der Waals surface area contributed by atoms with Crippen molar-refractivity contribution >= 4 is 17.3 Å². The molecular weight excluding hydrogens is 344 g/mol. The molecule has 0 spiro atoms. The monoisotopic (exact) mass is 372 g/mol. The molecule has 0 saturated carbocycles. The van der Waals surface area contributed by atoms with Crippen LogP contribution >= 0.6 is 0 Å². The van der Waals surface area contributed by atoms with Gasteiger partial charge < -0.3 is 15.1 Å². The summed E-state index contributed by atoms with van der Waals surface area (Å²) >= 11 is 0. The molecule has 3 rings (SSSR count). The number of anilines is 1. The summed E-state index contributed by atoms with van der Waals surface area (Å²) in [7, 11) is 2.04. The third-order valence-electron chi connectivity index (χ3n) is 5.39. The molecule has 2 aliphatic rings. The molecule has 0 bridgehead atoms. The third kappa shape index (κ3) is 5.07. The molecule has 0 unspecified atom stereocenters. The predicted molar refractivity (Wildman–Crippen MR) is 106 cm³/mol. The van der Waals surface area contributed by atoms with E-state index in [1.807, 2.05) is 11.9 Å². The number of piperazine rings is 1. The molecule has 1 aliphatic heterocycles. The van der Waals surface area contributed by atoms with Gasteiger partial charge in [0.25, 0.3) is 11.6 Å². The van der Waals surface area contributed by atoms with Crippen LogP contribution in [0.2, 0.25) is 0 Å². The lowest BCUT2D eigenvalue weighted by Crippen LogP contribution is -2.44. The van der Waals surface area contributed by atoms with E-state index in [2.05, 4.69) is 16.3 Å². The molecule has 1 aromatic rings. The Hall–Kier alpha value is -2.41. The molecule has 0 atom stereocenters. The highest BCUT2D eigenvalue weighted by Gasteiger charge is 2.24. The number of allylic oxidation sites excluding steroid dienone is 1. The number of carbonyl (C=O) groups is 1. The molecule has 1 saturated heterocycles. The van der Waals surface area contributed by atoms with E-state index < -0.39 is 4.92 Å². The Morgan fingerprint density at radius 2 is 2.00 bits per heavy atom. The van der Waals surface area contributed by atoms with Gasteiger partial charge in [0.05, 0.1) is 4.92 Å². The summed E-state index contributed by atoms with van der Waals surface area (Å²) in [4.78, 5) is 27.8. The zero-order valence-electron chi connectivity index (χ0n) is 15.9. The van der Waals surface area contributed by atoms with E-state index in [0.29, 0.717) is 17.8 Å². The van der Waals surface area contributed by atoms with Gasteiger partial charge in [-0.2, -0.15) is 0 Å². The Morgan fingerprint density at radius 3 is 2.67 bits per heavy atom. The quantitative estimate of drug-likeness (QED) is 0.472. The van der Waals surface area contributed by atoms with E-state index in [1.165, 1.54) is 24.5 Å². The highest BCUT2D eigenvalue weighted by Crippen LogP contribution is 2.30. The number of hydrogen-bond donors (Lipinski definition) is 1. The van der Waals surface area contributed by atoms with Crippen molar-refractivity contribution in [2.75, 3.05) is 44.7 Å². The molecule has 27 heavy (non-hydrogen) atoms. The Bertz CT molecular complexity index is 724. The fourth-order valence-electron chi connectivity index (χ4n) is 3.70. The van der Waals surface area contributed by atoms with Crippen molar-refractivity contribution in [1.82, 2.24) is 10.2 Å². The number of nitrogens with one attached hydrogen (secondary N) is 1. The average Bonchev–Trinajstić information content (AvgIpc) is 2.69. The number of carbonyl (C=O) groups excluding carboxylic acids is 1. The second-order valence-corrected chi connectivity index (χ2v) is 7.36. The molecule has 1 N–H and O–H groups in total. The summed E-state index contributed by atoms with van der Waals surface area (Å²) in [5.74, 6) is -0.251. The number of nitrogens with zero attached hydrogens (tertiary/aromatic N) is 3. The summed E-state index contributed by atoms with van der Waals surface area (Å²) < 4.78 is 0. The van der Waals surface area contributed by atoms with Crippen LogP contribution in [0.15, 0.2) is 29.8 Å². The maximum Gasteiger partial charge on any atom is 0.293 e. The van der Waals surface area contributed by atoms with E-state index in [1.54, 1.807) is 12.1 Å². The van der Waals surface area contributed by atoms with Gasteiger partial charge in [0.2, 0.25) is 0 Å². The third-order valence-corrected chi connectivity index (χ3v) is 5.39. The summed E-state index contributed by atoms with van der Waals surface area (Å²) in [6.45, 7) is 3.80. The standard InChI is InChI=1S/C20H28N4O3/c1-22-11-13-23(14-12-22)18-8-7-17(15-19(18)24(26)27)20(25)21-10-9-16-5-3-2-4-6-16/h5,7-8,15H,2-4,6,9-14H2,1H3,(H,21,25). The van der Waals surface area contributed by atoms with Gasteiger partial charge in [0, 0.05) is 44.4 Å². The van der Waals surface area contributed by atoms with Crippen molar-refractivity contribution in [2.45, 2.75) is 32.1 Å². The fourth-order valence-corrected chi connectivity index (χ4v) is 3.70. The van der Waals surface area contributed by atoms with E-state index in [9.17, 15) is 14.9 Å². The lowest BCUT2D eigenvalue weighted by Gasteiger charge is -2.33. The van der Waals surface area contributed by atoms with Crippen LogP contribution in [0.4, 0.5) is 11.4 Å². The molecule has 0 radical (unpaired) electrons. The Morgan fingerprint density at radius 1 is 1.22 bits per heavy atom. The lowest BCUT2D eigenvalue weighted by molar-refractivity contribution is -0.384. The van der Waals surface area contributed by atoms with Crippen molar-refractivity contribution in [2.24, 2.45) is 0 Å². The maximum absolute atomic E-state index is 12.4. The van der Waals surface area contributed by atoms with Crippen LogP contribution in [0.25, 0.3) is 0 Å². The molecule has 1 aliphatic carbocycles. The molecular formula is C20H28N4O3. The molecule has 1 aromatic carbocycles. The normalized spacial score (nSPS) is 18.1. The summed E-state index contributed by atoms with van der Waals surface area (Å²) in [6.07, 6.45) is 7.84. The molecule has 1 amide bonds. The van der Waals surface area contributed by atoms with Gasteiger partial charge in [-0.1, -0.05) is 11.6 Å². The van der Waals surface area contributed by atoms with Crippen molar-refractivity contribution in [3.8, 4) is 0 Å². The van der Waals surface area contributed by atoms with Crippen molar-refractivity contribution in [3.05, 3.63) is 45.5 Å². The number of nitro groups is 1. The zero-order chi connectivity index (χ0) is 19.2. The maximum atomic E-state index is 12.4. The highest BCUT2D eigenvalue weighted by atomic mass is 16.6. The van der Waals surface area contributed by atoms with Crippen molar-refractivity contribution < 1.29 is 9.72 Å². The number of amides is 1. The van der Waals surface area contributed by atoms with Gasteiger partial charge >= 0.3 is 0 Å². The molecule has 7 heteroatoms. The van der Waals surface area contributed by atoms with E-state index >= 15 is 0 Å². The smallest absolute Gasteiger partial charge is 0.293 e. The topological polar surface area (TPSA) is 78.7 Å². The minimum Gasteiger partial charge on any atom is -0.363 e. The molecule has 0 aromatic heterocycles. The van der Waals surface area contributed by atoms with Crippen LogP contribution in [0.5, 0.6) is 0 Å². The van der Waals surface area contributed by atoms with Gasteiger partial charge in [-0.05, 0) is 51.3 Å². The Kier molecular flexibility index (Phi) is 6.45. The van der Waals surface area contributed by atoms with Crippen LogP contribution in [0.3, 0.4) is 0 Å². The SMILES string of the molecule is CN1CCN(c2ccc(C(=O)NCCC3=CCCCC3)cc2[N+](=O)[O-])CC1. The summed E-state index contributed by atoms with van der Waals surface area (Å²) in [6, 6.07) is 4.81. The number of rotatable bonds is 6. The summed E-state index contributed by atoms with van der Waals surface area (Å²) in [5.41, 5.74) is 2.34. The number of benzene rings is 1. The van der Waals surface area contributed by atoms with Crippen LogP contribution in [-0.4, -0.2) is 55.5 Å². The van der Waals surface area contributed by atoms with E-state index in [-0.39, 0.29) is 11.6 Å². The van der Waals surface area contributed by atoms with Gasteiger partial charge in [-0.15, -0.1) is 0 Å². The van der Waals surface area contributed by atoms with Crippen molar-refractivity contribution in [3.63, 3.8) is 0 Å². The zero-order valence-corrected chi connectivity index (χ0v) is 15.9. The Labute approximate surface area is 160 Å². The summed E-state index contributed by atoms with van der Waals surface area (Å²) in [5, 5.41) is 14.4. The molecule has 146 valence electrons. The second-order valence-electron chi connectivity index (χ2n) is 7.36. The first kappa shape index (κ1) is 19.4. The average molecular weight is 372 g/mol. The van der Waals surface area contributed by atoms with Crippen LogP contribution in [0.1, 0.15) is 42.5 Å². The molecule has 1 heterocycles. The molecule has 1 fully saturated rings. The van der Waals surface area contributed by atoms with Gasteiger partial charge in [0.15, 0.2) is 0 Å². The predicted octanol–water partition coefficient (Wildman–Crippen LogP) is 2.97. The minimum atomic E-state index is -0.392. The lowest BCUT2D eigenvalue weighted by atomic mass is 9.97. The number of hydrogen-bond acceptors (Lipinski definition) is 5. The number of nitro benzene ring substituents is 1. The molecule has 7 nitrogen and oxygen atoms in total.